The average molecular weight is 399 g/mol. The number of alkyl halides is 3. The molecule has 0 fully saturated rings. The van der Waals surface area contributed by atoms with E-state index in [4.69, 9.17) is 9.84 Å². The molecule has 0 atom stereocenters. The van der Waals surface area contributed by atoms with Gasteiger partial charge in [0.15, 0.2) is 0 Å². The van der Waals surface area contributed by atoms with E-state index in [-0.39, 0.29) is 17.1 Å². The number of urea groups is 1. The first-order valence-corrected chi connectivity index (χ1v) is 7.38. The fraction of sp³-hybridized carbons (Fsp3) is 0.125. The van der Waals surface area contributed by atoms with Crippen LogP contribution < -0.4 is 15.4 Å². The molecule has 2 amide bonds. The molecular formula is C16H12F3N3O6. The summed E-state index contributed by atoms with van der Waals surface area (Å²) in [5.41, 5.74) is -2.85. The lowest BCUT2D eigenvalue weighted by atomic mass is 10.1. The number of ether oxygens (including phenoxy) is 1. The zero-order chi connectivity index (χ0) is 21.1. The zero-order valence-electron chi connectivity index (χ0n) is 14.0. The van der Waals surface area contributed by atoms with Crippen molar-refractivity contribution in [1.82, 2.24) is 0 Å². The molecule has 2 aromatic carbocycles. The van der Waals surface area contributed by atoms with Crippen LogP contribution in [0.3, 0.4) is 0 Å². The van der Waals surface area contributed by atoms with Gasteiger partial charge in [-0.05, 0) is 24.3 Å². The molecule has 0 aliphatic carbocycles. The van der Waals surface area contributed by atoms with E-state index in [1.165, 1.54) is 6.07 Å². The third-order valence-corrected chi connectivity index (χ3v) is 3.44. The molecule has 0 aliphatic rings. The molecule has 0 heterocycles. The van der Waals surface area contributed by atoms with E-state index in [1.807, 2.05) is 0 Å². The lowest BCUT2D eigenvalue weighted by Gasteiger charge is -2.13. The van der Waals surface area contributed by atoms with Gasteiger partial charge in [0, 0.05) is 5.69 Å². The van der Waals surface area contributed by atoms with Crippen molar-refractivity contribution in [3.05, 3.63) is 57.6 Å². The minimum Gasteiger partial charge on any atom is -0.494 e. The summed E-state index contributed by atoms with van der Waals surface area (Å²) in [5.74, 6) is -1.83. The van der Waals surface area contributed by atoms with Gasteiger partial charge >= 0.3 is 18.2 Å². The molecule has 0 unspecified atom stereocenters. The number of hydrogen-bond donors (Lipinski definition) is 3. The SMILES string of the molecule is COc1cc([N+](=O)[O-])c(C(=O)O)cc1NC(=O)Nc1cccc(C(F)(F)F)c1. The van der Waals surface area contributed by atoms with E-state index in [1.54, 1.807) is 0 Å². The number of carboxylic acid groups (broad SMARTS) is 1. The van der Waals surface area contributed by atoms with Gasteiger partial charge in [-0.2, -0.15) is 13.2 Å². The number of nitro groups is 1. The number of anilines is 2. The lowest BCUT2D eigenvalue weighted by molar-refractivity contribution is -0.385. The number of carboxylic acids is 1. The highest BCUT2D eigenvalue weighted by Gasteiger charge is 2.30. The number of nitro benzene ring substituents is 1. The number of carbonyl (C=O) groups excluding carboxylic acids is 1. The minimum atomic E-state index is -4.61. The van der Waals surface area contributed by atoms with E-state index < -0.39 is 39.9 Å². The molecule has 0 saturated heterocycles. The maximum Gasteiger partial charge on any atom is 0.416 e. The summed E-state index contributed by atoms with van der Waals surface area (Å²) in [6.07, 6.45) is -4.61. The minimum absolute atomic E-state index is 0.174. The first-order chi connectivity index (χ1) is 13.0. The molecule has 28 heavy (non-hydrogen) atoms. The quantitative estimate of drug-likeness (QED) is 0.515. The maximum atomic E-state index is 12.7. The number of halogens is 3. The van der Waals surface area contributed by atoms with Crippen LogP contribution in [0.2, 0.25) is 0 Å². The highest BCUT2D eigenvalue weighted by Crippen LogP contribution is 2.33. The van der Waals surface area contributed by atoms with Crippen LogP contribution in [0.25, 0.3) is 0 Å². The van der Waals surface area contributed by atoms with Crippen molar-refractivity contribution in [2.75, 3.05) is 17.7 Å². The summed E-state index contributed by atoms with van der Waals surface area (Å²) < 4.78 is 43.1. The molecule has 0 spiro atoms. The second kappa shape index (κ2) is 7.82. The van der Waals surface area contributed by atoms with Crippen LogP contribution in [-0.4, -0.2) is 29.1 Å². The Morgan fingerprint density at radius 3 is 2.39 bits per heavy atom. The topological polar surface area (TPSA) is 131 Å². The zero-order valence-corrected chi connectivity index (χ0v) is 14.0. The Labute approximate surface area is 154 Å². The van der Waals surface area contributed by atoms with Crippen molar-refractivity contribution in [3.8, 4) is 5.75 Å². The van der Waals surface area contributed by atoms with Crippen molar-refractivity contribution in [1.29, 1.82) is 0 Å². The van der Waals surface area contributed by atoms with Crippen LogP contribution in [0, 0.1) is 10.1 Å². The maximum absolute atomic E-state index is 12.7. The van der Waals surface area contributed by atoms with Crippen molar-refractivity contribution in [2.24, 2.45) is 0 Å². The van der Waals surface area contributed by atoms with Gasteiger partial charge in [-0.3, -0.25) is 10.1 Å². The Hall–Kier alpha value is -3.83. The Morgan fingerprint density at radius 1 is 1.18 bits per heavy atom. The molecule has 0 aromatic heterocycles. The first kappa shape index (κ1) is 20.5. The lowest BCUT2D eigenvalue weighted by Crippen LogP contribution is -2.20. The summed E-state index contributed by atoms with van der Waals surface area (Å²) in [5, 5.41) is 24.4. The molecule has 2 rings (SSSR count). The monoisotopic (exact) mass is 399 g/mol. The van der Waals surface area contributed by atoms with E-state index in [9.17, 15) is 32.9 Å². The van der Waals surface area contributed by atoms with Crippen molar-refractivity contribution in [3.63, 3.8) is 0 Å². The van der Waals surface area contributed by atoms with Gasteiger partial charge in [0.2, 0.25) is 0 Å². The van der Waals surface area contributed by atoms with Crippen LogP contribution in [0.5, 0.6) is 5.75 Å². The Bertz CT molecular complexity index is 946. The molecule has 0 bridgehead atoms. The summed E-state index contributed by atoms with van der Waals surface area (Å²) in [4.78, 5) is 33.3. The van der Waals surface area contributed by atoms with Crippen LogP contribution >= 0.6 is 0 Å². The molecule has 0 aliphatic heterocycles. The second-order valence-electron chi connectivity index (χ2n) is 5.29. The van der Waals surface area contributed by atoms with Crippen LogP contribution in [0.15, 0.2) is 36.4 Å². The average Bonchev–Trinajstić information content (AvgIpc) is 2.60. The predicted octanol–water partition coefficient (Wildman–Crippen LogP) is 3.96. The molecule has 12 heteroatoms. The number of benzene rings is 2. The number of rotatable bonds is 5. The largest absolute Gasteiger partial charge is 0.494 e. The number of carbonyl (C=O) groups is 2. The van der Waals surface area contributed by atoms with Crippen LogP contribution in [-0.2, 0) is 6.18 Å². The first-order valence-electron chi connectivity index (χ1n) is 7.38. The van der Waals surface area contributed by atoms with Gasteiger partial charge in [-0.25, -0.2) is 9.59 Å². The van der Waals surface area contributed by atoms with Gasteiger partial charge < -0.3 is 20.5 Å². The van der Waals surface area contributed by atoms with Crippen molar-refractivity contribution < 1.29 is 37.5 Å². The standard InChI is InChI=1S/C16H12F3N3O6/c1-28-13-7-12(22(26)27)10(14(23)24)6-11(13)21-15(25)20-9-4-2-3-8(5-9)16(17,18)19/h2-7H,1H3,(H,23,24)(H2,20,21,25). The number of hydrogen-bond acceptors (Lipinski definition) is 5. The Morgan fingerprint density at radius 2 is 1.86 bits per heavy atom. The van der Waals surface area contributed by atoms with Crippen molar-refractivity contribution >= 4 is 29.1 Å². The number of methoxy groups -OCH3 is 1. The third-order valence-electron chi connectivity index (χ3n) is 3.44. The fourth-order valence-electron chi connectivity index (χ4n) is 2.22. The molecule has 3 N–H and O–H groups in total. The van der Waals surface area contributed by atoms with Gasteiger partial charge in [-0.15, -0.1) is 0 Å². The third kappa shape index (κ3) is 4.66. The molecule has 0 radical (unpaired) electrons. The van der Waals surface area contributed by atoms with Gasteiger partial charge in [0.1, 0.15) is 11.3 Å². The van der Waals surface area contributed by atoms with Gasteiger partial charge in [0.05, 0.1) is 29.4 Å². The summed E-state index contributed by atoms with van der Waals surface area (Å²) >= 11 is 0. The normalized spacial score (nSPS) is 10.9. The number of aromatic carboxylic acids is 1. The van der Waals surface area contributed by atoms with E-state index >= 15 is 0 Å². The smallest absolute Gasteiger partial charge is 0.416 e. The van der Waals surface area contributed by atoms with E-state index in [0.717, 1.165) is 31.4 Å². The number of nitrogens with zero attached hydrogens (tertiary/aromatic N) is 1. The summed E-state index contributed by atoms with van der Waals surface area (Å²) in [7, 11) is 1.13. The highest BCUT2D eigenvalue weighted by molar-refractivity contribution is 6.02. The van der Waals surface area contributed by atoms with Crippen LogP contribution in [0.1, 0.15) is 15.9 Å². The second-order valence-corrected chi connectivity index (χ2v) is 5.29. The summed E-state index contributed by atoms with van der Waals surface area (Å²) in [6.45, 7) is 0. The summed E-state index contributed by atoms with van der Waals surface area (Å²) in [6, 6.07) is 4.44. The van der Waals surface area contributed by atoms with Crippen molar-refractivity contribution in [2.45, 2.75) is 6.18 Å². The molecule has 9 nitrogen and oxygen atoms in total. The van der Waals surface area contributed by atoms with Gasteiger partial charge in [-0.1, -0.05) is 6.07 Å². The van der Waals surface area contributed by atoms with Gasteiger partial charge in [0.25, 0.3) is 5.69 Å². The number of amides is 2. The molecule has 2 aromatic rings. The predicted molar refractivity (Wildman–Crippen MR) is 90.7 cm³/mol. The molecular weight excluding hydrogens is 387 g/mol. The van der Waals surface area contributed by atoms with E-state index in [0.29, 0.717) is 6.07 Å². The van der Waals surface area contributed by atoms with E-state index in [2.05, 4.69) is 10.6 Å². The number of nitrogens with one attached hydrogen (secondary N) is 2. The molecule has 0 saturated carbocycles. The fourth-order valence-corrected chi connectivity index (χ4v) is 2.22. The van der Waals surface area contributed by atoms with Crippen LogP contribution in [0.4, 0.5) is 35.0 Å². The Kier molecular flexibility index (Phi) is 5.72. The highest BCUT2D eigenvalue weighted by atomic mass is 19.4. The molecule has 148 valence electrons. The Balaban J connectivity index is 2.30.